The van der Waals surface area contributed by atoms with Crippen molar-refractivity contribution in [1.29, 1.82) is 0 Å². The van der Waals surface area contributed by atoms with Crippen LogP contribution in [-0.4, -0.2) is 23.3 Å². The van der Waals surface area contributed by atoms with E-state index in [1.807, 2.05) is 31.4 Å². The summed E-state index contributed by atoms with van der Waals surface area (Å²) in [4.78, 5) is 28.5. The molecule has 28 heavy (non-hydrogen) atoms. The van der Waals surface area contributed by atoms with E-state index in [2.05, 4.69) is 15.6 Å². The SMILES string of the molecule is Cc1cccc(NC(=O)C(=O)NCCc2csc(-c3cccc(F)c3)n2)c1C. The first-order valence-corrected chi connectivity index (χ1v) is 9.68. The van der Waals surface area contributed by atoms with Gasteiger partial charge in [-0.3, -0.25) is 9.59 Å². The van der Waals surface area contributed by atoms with E-state index in [1.54, 1.807) is 18.2 Å². The molecule has 0 aliphatic carbocycles. The molecule has 0 aliphatic heterocycles. The van der Waals surface area contributed by atoms with Crippen LogP contribution in [0.1, 0.15) is 16.8 Å². The number of hydrogen-bond donors (Lipinski definition) is 2. The fourth-order valence-corrected chi connectivity index (χ4v) is 3.48. The lowest BCUT2D eigenvalue weighted by Gasteiger charge is -2.10. The number of benzene rings is 2. The highest BCUT2D eigenvalue weighted by atomic mass is 32.1. The lowest BCUT2D eigenvalue weighted by Crippen LogP contribution is -2.36. The number of nitrogens with one attached hydrogen (secondary N) is 2. The molecule has 0 aliphatic rings. The van der Waals surface area contributed by atoms with Gasteiger partial charge < -0.3 is 10.6 Å². The maximum Gasteiger partial charge on any atom is 0.313 e. The van der Waals surface area contributed by atoms with Gasteiger partial charge in [0.15, 0.2) is 0 Å². The van der Waals surface area contributed by atoms with Crippen LogP contribution in [0.2, 0.25) is 0 Å². The van der Waals surface area contributed by atoms with E-state index in [1.165, 1.54) is 23.5 Å². The van der Waals surface area contributed by atoms with Crippen molar-refractivity contribution in [2.24, 2.45) is 0 Å². The molecule has 3 aromatic rings. The van der Waals surface area contributed by atoms with E-state index in [0.29, 0.717) is 22.7 Å². The zero-order valence-electron chi connectivity index (χ0n) is 15.6. The summed E-state index contributed by atoms with van der Waals surface area (Å²) in [6.45, 7) is 4.11. The quantitative estimate of drug-likeness (QED) is 0.642. The molecule has 0 radical (unpaired) electrons. The van der Waals surface area contributed by atoms with Crippen LogP contribution in [0.15, 0.2) is 47.8 Å². The van der Waals surface area contributed by atoms with Gasteiger partial charge in [0.1, 0.15) is 10.8 Å². The number of rotatable bonds is 5. The summed E-state index contributed by atoms with van der Waals surface area (Å²) < 4.78 is 13.3. The molecule has 144 valence electrons. The van der Waals surface area contributed by atoms with Crippen molar-refractivity contribution < 1.29 is 14.0 Å². The third-order valence-corrected chi connectivity index (χ3v) is 5.29. The summed E-state index contributed by atoms with van der Waals surface area (Å²) in [6.07, 6.45) is 0.480. The van der Waals surface area contributed by atoms with Crippen LogP contribution < -0.4 is 10.6 Å². The van der Waals surface area contributed by atoms with Gasteiger partial charge in [0.2, 0.25) is 0 Å². The van der Waals surface area contributed by atoms with Crippen LogP contribution in [0.4, 0.5) is 10.1 Å². The Kier molecular flexibility index (Phi) is 6.16. The van der Waals surface area contributed by atoms with Gasteiger partial charge in [0.05, 0.1) is 5.69 Å². The van der Waals surface area contributed by atoms with Crippen LogP contribution >= 0.6 is 11.3 Å². The highest BCUT2D eigenvalue weighted by Gasteiger charge is 2.15. The van der Waals surface area contributed by atoms with Gasteiger partial charge in [-0.05, 0) is 43.2 Å². The molecule has 3 rings (SSSR count). The van der Waals surface area contributed by atoms with Crippen LogP contribution in [0.5, 0.6) is 0 Å². The summed E-state index contributed by atoms with van der Waals surface area (Å²) >= 11 is 1.41. The molecule has 2 N–H and O–H groups in total. The summed E-state index contributed by atoms with van der Waals surface area (Å²) in [6, 6.07) is 11.8. The summed E-state index contributed by atoms with van der Waals surface area (Å²) in [5, 5.41) is 7.81. The predicted molar refractivity (Wildman–Crippen MR) is 109 cm³/mol. The Morgan fingerprint density at radius 1 is 1.11 bits per heavy atom. The first-order valence-electron chi connectivity index (χ1n) is 8.80. The second-order valence-corrected chi connectivity index (χ2v) is 7.22. The Bertz CT molecular complexity index is 1020. The smallest absolute Gasteiger partial charge is 0.313 e. The second-order valence-electron chi connectivity index (χ2n) is 6.36. The number of amides is 2. The molecule has 1 aromatic heterocycles. The van der Waals surface area contributed by atoms with E-state index >= 15 is 0 Å². The lowest BCUT2D eigenvalue weighted by molar-refractivity contribution is -0.136. The molecular formula is C21H20FN3O2S. The van der Waals surface area contributed by atoms with E-state index in [9.17, 15) is 14.0 Å². The summed E-state index contributed by atoms with van der Waals surface area (Å²) in [5.74, 6) is -1.70. The van der Waals surface area contributed by atoms with Gasteiger partial charge in [-0.2, -0.15) is 0 Å². The predicted octanol–water partition coefficient (Wildman–Crippen LogP) is 3.86. The standard InChI is InChI=1S/C21H20FN3O2S/c1-13-5-3-8-18(14(13)2)25-20(27)19(26)23-10-9-17-12-28-21(24-17)15-6-4-7-16(22)11-15/h3-8,11-12H,9-10H2,1-2H3,(H,23,26)(H,25,27). The van der Waals surface area contributed by atoms with E-state index < -0.39 is 11.8 Å². The number of anilines is 1. The minimum Gasteiger partial charge on any atom is -0.347 e. The highest BCUT2D eigenvalue weighted by molar-refractivity contribution is 7.13. The monoisotopic (exact) mass is 397 g/mol. The molecule has 2 amide bonds. The van der Waals surface area contributed by atoms with Crippen molar-refractivity contribution in [3.8, 4) is 10.6 Å². The van der Waals surface area contributed by atoms with Gasteiger partial charge in [0.25, 0.3) is 0 Å². The molecule has 0 saturated carbocycles. The van der Waals surface area contributed by atoms with Gasteiger partial charge in [-0.1, -0.05) is 24.3 Å². The van der Waals surface area contributed by atoms with Crippen LogP contribution in [0.3, 0.4) is 0 Å². The lowest BCUT2D eigenvalue weighted by atomic mass is 10.1. The Balaban J connectivity index is 1.51. The molecule has 7 heteroatoms. The topological polar surface area (TPSA) is 71.1 Å². The Morgan fingerprint density at radius 2 is 1.89 bits per heavy atom. The first kappa shape index (κ1) is 19.7. The molecule has 0 bridgehead atoms. The Hall–Kier alpha value is -3.06. The maximum absolute atomic E-state index is 13.3. The highest BCUT2D eigenvalue weighted by Crippen LogP contribution is 2.24. The Morgan fingerprint density at radius 3 is 2.68 bits per heavy atom. The number of aryl methyl sites for hydroxylation is 1. The molecule has 0 fully saturated rings. The molecule has 2 aromatic carbocycles. The third-order valence-electron chi connectivity index (χ3n) is 4.35. The van der Waals surface area contributed by atoms with Crippen molar-refractivity contribution in [3.63, 3.8) is 0 Å². The molecule has 0 atom stereocenters. The minimum atomic E-state index is -0.701. The maximum atomic E-state index is 13.3. The molecular weight excluding hydrogens is 377 g/mol. The normalized spacial score (nSPS) is 10.5. The first-order chi connectivity index (χ1) is 13.4. The van der Waals surface area contributed by atoms with Crippen LogP contribution in [-0.2, 0) is 16.0 Å². The van der Waals surface area contributed by atoms with Crippen molar-refractivity contribution in [1.82, 2.24) is 10.3 Å². The number of aromatic nitrogens is 1. The average Bonchev–Trinajstić information content (AvgIpc) is 3.14. The Labute approximate surface area is 166 Å². The molecule has 0 unspecified atom stereocenters. The van der Waals surface area contributed by atoms with Gasteiger partial charge >= 0.3 is 11.8 Å². The van der Waals surface area contributed by atoms with Gasteiger partial charge in [0, 0.05) is 29.6 Å². The fourth-order valence-electron chi connectivity index (χ4n) is 2.63. The number of nitrogens with zero attached hydrogens (tertiary/aromatic N) is 1. The molecule has 0 saturated heterocycles. The molecule has 0 spiro atoms. The van der Waals surface area contributed by atoms with Crippen molar-refractivity contribution >= 4 is 28.8 Å². The van der Waals surface area contributed by atoms with Crippen LogP contribution in [0, 0.1) is 19.7 Å². The van der Waals surface area contributed by atoms with Crippen molar-refractivity contribution in [2.45, 2.75) is 20.3 Å². The van der Waals surface area contributed by atoms with E-state index in [4.69, 9.17) is 0 Å². The largest absolute Gasteiger partial charge is 0.347 e. The number of thiazole rings is 1. The van der Waals surface area contributed by atoms with Gasteiger partial charge in [-0.25, -0.2) is 9.37 Å². The van der Waals surface area contributed by atoms with Gasteiger partial charge in [-0.15, -0.1) is 11.3 Å². The summed E-state index contributed by atoms with van der Waals surface area (Å²) in [5.41, 5.74) is 4.08. The summed E-state index contributed by atoms with van der Waals surface area (Å²) in [7, 11) is 0. The number of carbonyl (C=O) groups is 2. The van der Waals surface area contributed by atoms with E-state index in [0.717, 1.165) is 16.8 Å². The second kappa shape index (κ2) is 8.75. The molecule has 1 heterocycles. The molecule has 5 nitrogen and oxygen atoms in total. The zero-order chi connectivity index (χ0) is 20.1. The van der Waals surface area contributed by atoms with Crippen molar-refractivity contribution in [3.05, 3.63) is 70.5 Å². The minimum absolute atomic E-state index is 0.283. The van der Waals surface area contributed by atoms with Crippen molar-refractivity contribution in [2.75, 3.05) is 11.9 Å². The average molecular weight is 397 g/mol. The fraction of sp³-hybridized carbons (Fsp3) is 0.190. The number of halogens is 1. The zero-order valence-corrected chi connectivity index (χ0v) is 16.4. The number of hydrogen-bond acceptors (Lipinski definition) is 4. The third kappa shape index (κ3) is 4.80. The number of carbonyl (C=O) groups excluding carboxylic acids is 2. The van der Waals surface area contributed by atoms with E-state index in [-0.39, 0.29) is 12.4 Å². The van der Waals surface area contributed by atoms with Crippen LogP contribution in [0.25, 0.3) is 10.6 Å².